The number of nitrogens with one attached hydrogen (secondary N) is 1. The first-order valence-corrected chi connectivity index (χ1v) is 9.36. The van der Waals surface area contributed by atoms with E-state index in [1.807, 2.05) is 37.4 Å². The summed E-state index contributed by atoms with van der Waals surface area (Å²) in [7, 11) is -1.85. The molecule has 25 heavy (non-hydrogen) atoms. The summed E-state index contributed by atoms with van der Waals surface area (Å²) in [4.78, 5) is 4.28. The first-order valence-electron chi connectivity index (χ1n) is 7.71. The van der Waals surface area contributed by atoms with Crippen molar-refractivity contribution >= 4 is 10.0 Å². The predicted octanol–water partition coefficient (Wildman–Crippen LogP) is 2.77. The van der Waals surface area contributed by atoms with E-state index < -0.39 is 21.9 Å². The molecule has 3 rings (SSSR count). The van der Waals surface area contributed by atoms with E-state index in [1.165, 1.54) is 24.3 Å². The number of sulfonamides is 1. The van der Waals surface area contributed by atoms with Gasteiger partial charge in [0.2, 0.25) is 10.0 Å². The van der Waals surface area contributed by atoms with Gasteiger partial charge in [0.1, 0.15) is 17.7 Å². The Kier molecular flexibility index (Phi) is 4.96. The molecule has 7 heteroatoms. The molecule has 3 aromatic rings. The number of rotatable bonds is 6. The Hall–Kier alpha value is -2.51. The molecule has 0 spiro atoms. The van der Waals surface area contributed by atoms with Crippen LogP contribution in [0.3, 0.4) is 0 Å². The number of aryl methyl sites for hydroxylation is 1. The minimum atomic E-state index is -3.66. The van der Waals surface area contributed by atoms with Gasteiger partial charge in [0.25, 0.3) is 0 Å². The van der Waals surface area contributed by atoms with E-state index in [2.05, 4.69) is 9.71 Å². The highest BCUT2D eigenvalue weighted by Crippen LogP contribution is 2.22. The Morgan fingerprint density at radius 2 is 1.80 bits per heavy atom. The number of nitrogens with zero attached hydrogens (tertiary/aromatic N) is 2. The van der Waals surface area contributed by atoms with Crippen LogP contribution in [0.1, 0.15) is 23.0 Å². The third-order valence-electron chi connectivity index (χ3n) is 3.82. The molecule has 0 fully saturated rings. The summed E-state index contributed by atoms with van der Waals surface area (Å²) < 4.78 is 42.8. The van der Waals surface area contributed by atoms with Crippen molar-refractivity contribution in [1.29, 1.82) is 0 Å². The van der Waals surface area contributed by atoms with E-state index in [9.17, 15) is 12.8 Å². The summed E-state index contributed by atoms with van der Waals surface area (Å²) >= 11 is 0. The molecular weight excluding hydrogens is 341 g/mol. The molecule has 1 atom stereocenters. The Labute approximate surface area is 146 Å². The summed E-state index contributed by atoms with van der Waals surface area (Å²) in [5, 5.41) is 0. The van der Waals surface area contributed by atoms with E-state index in [1.54, 1.807) is 17.0 Å². The Morgan fingerprint density at radius 3 is 2.40 bits per heavy atom. The van der Waals surface area contributed by atoms with E-state index >= 15 is 0 Å². The number of imidazole rings is 1. The van der Waals surface area contributed by atoms with Crippen molar-refractivity contribution in [3.8, 4) is 0 Å². The lowest BCUT2D eigenvalue weighted by molar-refractivity contribution is 0.562. The number of hydrogen-bond acceptors (Lipinski definition) is 3. The van der Waals surface area contributed by atoms with E-state index in [4.69, 9.17) is 0 Å². The second kappa shape index (κ2) is 7.16. The quantitative estimate of drug-likeness (QED) is 0.736. The van der Waals surface area contributed by atoms with E-state index in [0.29, 0.717) is 11.4 Å². The molecule has 0 aliphatic rings. The van der Waals surface area contributed by atoms with Crippen LogP contribution in [0.2, 0.25) is 0 Å². The third-order valence-corrected chi connectivity index (χ3v) is 5.13. The average molecular weight is 359 g/mol. The van der Waals surface area contributed by atoms with Crippen molar-refractivity contribution in [3.05, 3.63) is 89.8 Å². The van der Waals surface area contributed by atoms with Gasteiger partial charge in [-0.2, -0.15) is 4.72 Å². The highest BCUT2D eigenvalue weighted by molar-refractivity contribution is 7.88. The monoisotopic (exact) mass is 359 g/mol. The Balaban J connectivity index is 1.89. The maximum atomic E-state index is 13.0. The molecule has 1 aromatic heterocycles. The second-order valence-corrected chi connectivity index (χ2v) is 7.50. The van der Waals surface area contributed by atoms with Crippen LogP contribution in [0.4, 0.5) is 4.39 Å². The van der Waals surface area contributed by atoms with Crippen LogP contribution in [-0.2, 0) is 22.8 Å². The first kappa shape index (κ1) is 17.3. The molecule has 0 amide bonds. The first-order chi connectivity index (χ1) is 11.9. The van der Waals surface area contributed by atoms with Crippen LogP contribution in [-0.4, -0.2) is 18.0 Å². The van der Waals surface area contributed by atoms with Crippen molar-refractivity contribution in [2.75, 3.05) is 0 Å². The van der Waals surface area contributed by atoms with Gasteiger partial charge >= 0.3 is 0 Å². The van der Waals surface area contributed by atoms with Crippen LogP contribution in [0.15, 0.2) is 67.0 Å². The number of benzene rings is 2. The fourth-order valence-corrected chi connectivity index (χ4v) is 3.91. The second-order valence-electron chi connectivity index (χ2n) is 5.74. The normalized spacial score (nSPS) is 12.9. The molecule has 2 aromatic carbocycles. The molecule has 5 nitrogen and oxygen atoms in total. The molecule has 0 aliphatic heterocycles. The number of aromatic nitrogens is 2. The molecule has 0 saturated heterocycles. The zero-order valence-corrected chi connectivity index (χ0v) is 14.4. The lowest BCUT2D eigenvalue weighted by Gasteiger charge is -2.19. The number of halogens is 1. The highest BCUT2D eigenvalue weighted by Gasteiger charge is 2.24. The highest BCUT2D eigenvalue weighted by atomic mass is 32.2. The van der Waals surface area contributed by atoms with Crippen molar-refractivity contribution in [2.24, 2.45) is 7.05 Å². The van der Waals surface area contributed by atoms with Gasteiger partial charge in [-0.25, -0.2) is 17.8 Å². The van der Waals surface area contributed by atoms with E-state index in [-0.39, 0.29) is 5.75 Å². The van der Waals surface area contributed by atoms with Gasteiger partial charge in [-0.05, 0) is 23.3 Å². The standard InChI is InChI=1S/C18H18FN3O2S/c1-22-12-11-20-18(22)17(15-5-3-2-4-6-15)21-25(23,24)13-14-7-9-16(19)10-8-14/h2-12,17,21H,13H2,1H3/t17-/m1/s1. The Morgan fingerprint density at radius 1 is 1.12 bits per heavy atom. The van der Waals surface area contributed by atoms with Gasteiger partial charge in [-0.3, -0.25) is 0 Å². The summed E-state index contributed by atoms with van der Waals surface area (Å²) in [6, 6.07) is 14.1. The van der Waals surface area contributed by atoms with Crippen LogP contribution >= 0.6 is 0 Å². The smallest absolute Gasteiger partial charge is 0.216 e. The van der Waals surface area contributed by atoms with Crippen molar-refractivity contribution in [3.63, 3.8) is 0 Å². The van der Waals surface area contributed by atoms with Crippen LogP contribution in [0, 0.1) is 5.82 Å². The summed E-state index contributed by atoms with van der Waals surface area (Å²) in [6.45, 7) is 0. The zero-order valence-electron chi connectivity index (χ0n) is 13.6. The molecule has 0 bridgehead atoms. The van der Waals surface area contributed by atoms with Crippen molar-refractivity contribution in [1.82, 2.24) is 14.3 Å². The molecular formula is C18H18FN3O2S. The van der Waals surface area contributed by atoms with Gasteiger partial charge < -0.3 is 4.57 Å². The average Bonchev–Trinajstić information content (AvgIpc) is 3.01. The molecule has 0 unspecified atom stereocenters. The molecule has 1 N–H and O–H groups in total. The molecule has 1 heterocycles. The third kappa shape index (κ3) is 4.32. The zero-order chi connectivity index (χ0) is 17.9. The van der Waals surface area contributed by atoms with Crippen molar-refractivity contribution in [2.45, 2.75) is 11.8 Å². The molecule has 130 valence electrons. The number of hydrogen-bond donors (Lipinski definition) is 1. The Bertz CT molecular complexity index is 938. The fraction of sp³-hybridized carbons (Fsp3) is 0.167. The molecule has 0 saturated carbocycles. The van der Waals surface area contributed by atoms with Gasteiger partial charge in [0, 0.05) is 19.4 Å². The minimum absolute atomic E-state index is 0.235. The van der Waals surface area contributed by atoms with Gasteiger partial charge in [0.05, 0.1) is 5.75 Å². The maximum Gasteiger partial charge on any atom is 0.216 e. The largest absolute Gasteiger partial charge is 0.336 e. The lowest BCUT2D eigenvalue weighted by Crippen LogP contribution is -2.32. The SMILES string of the molecule is Cn1ccnc1[C@H](NS(=O)(=O)Cc1ccc(F)cc1)c1ccccc1. The molecule has 0 radical (unpaired) electrons. The summed E-state index contributed by atoms with van der Waals surface area (Å²) in [6.07, 6.45) is 3.39. The fourth-order valence-electron chi connectivity index (χ4n) is 2.59. The topological polar surface area (TPSA) is 64.0 Å². The summed E-state index contributed by atoms with van der Waals surface area (Å²) in [5.41, 5.74) is 1.31. The van der Waals surface area contributed by atoms with Crippen LogP contribution in [0.25, 0.3) is 0 Å². The van der Waals surface area contributed by atoms with Gasteiger partial charge in [-0.1, -0.05) is 42.5 Å². The van der Waals surface area contributed by atoms with Crippen LogP contribution in [0.5, 0.6) is 0 Å². The van der Waals surface area contributed by atoms with Crippen LogP contribution < -0.4 is 4.72 Å². The minimum Gasteiger partial charge on any atom is -0.336 e. The van der Waals surface area contributed by atoms with Gasteiger partial charge in [0.15, 0.2) is 0 Å². The molecule has 0 aliphatic carbocycles. The lowest BCUT2D eigenvalue weighted by atomic mass is 10.1. The predicted molar refractivity (Wildman–Crippen MR) is 93.7 cm³/mol. The summed E-state index contributed by atoms with van der Waals surface area (Å²) in [5.74, 6) is -0.0423. The maximum absolute atomic E-state index is 13.0. The van der Waals surface area contributed by atoms with Gasteiger partial charge in [-0.15, -0.1) is 0 Å². The van der Waals surface area contributed by atoms with E-state index in [0.717, 1.165) is 5.56 Å². The van der Waals surface area contributed by atoms with Crippen molar-refractivity contribution < 1.29 is 12.8 Å².